The standard InChI is InChI=1S/C18H27NO3/c1-12-6-7-14(10-13(12)2)16(20)15-8-9-19(11-15)17(21)22-18(3,4)5/h6-7,10,15-16,20H,8-9,11H2,1-5H3. The van der Waals surface area contributed by atoms with Crippen molar-refractivity contribution in [2.45, 2.75) is 52.7 Å². The molecule has 0 spiro atoms. The molecule has 0 saturated carbocycles. The molecular formula is C18H27NO3. The van der Waals surface area contributed by atoms with Gasteiger partial charge in [0.15, 0.2) is 0 Å². The molecule has 4 nitrogen and oxygen atoms in total. The van der Waals surface area contributed by atoms with E-state index in [9.17, 15) is 9.90 Å². The number of amides is 1. The number of rotatable bonds is 2. The van der Waals surface area contributed by atoms with Gasteiger partial charge in [0.25, 0.3) is 0 Å². The van der Waals surface area contributed by atoms with E-state index in [1.54, 1.807) is 4.90 Å². The van der Waals surface area contributed by atoms with Crippen LogP contribution in [0.15, 0.2) is 18.2 Å². The molecule has 2 atom stereocenters. The molecule has 122 valence electrons. The zero-order valence-corrected chi connectivity index (χ0v) is 14.2. The van der Waals surface area contributed by atoms with E-state index >= 15 is 0 Å². The molecule has 0 radical (unpaired) electrons. The van der Waals surface area contributed by atoms with Crippen molar-refractivity contribution < 1.29 is 14.6 Å². The van der Waals surface area contributed by atoms with E-state index in [4.69, 9.17) is 4.74 Å². The van der Waals surface area contributed by atoms with Gasteiger partial charge in [-0.2, -0.15) is 0 Å². The van der Waals surface area contributed by atoms with Crippen LogP contribution in [0.1, 0.15) is 50.0 Å². The van der Waals surface area contributed by atoms with Crippen molar-refractivity contribution in [1.82, 2.24) is 4.90 Å². The normalized spacial score (nSPS) is 20.1. The van der Waals surface area contributed by atoms with E-state index in [2.05, 4.69) is 6.92 Å². The molecule has 22 heavy (non-hydrogen) atoms. The number of carbonyl (C=O) groups is 1. The van der Waals surface area contributed by atoms with Crippen LogP contribution >= 0.6 is 0 Å². The van der Waals surface area contributed by atoms with Gasteiger partial charge >= 0.3 is 6.09 Å². The second-order valence-corrected chi connectivity index (χ2v) is 7.26. The first-order valence-electron chi connectivity index (χ1n) is 7.90. The fourth-order valence-corrected chi connectivity index (χ4v) is 2.76. The van der Waals surface area contributed by atoms with Crippen LogP contribution in [0.4, 0.5) is 4.79 Å². The minimum atomic E-state index is -0.535. The van der Waals surface area contributed by atoms with E-state index in [-0.39, 0.29) is 12.0 Å². The highest BCUT2D eigenvalue weighted by atomic mass is 16.6. The van der Waals surface area contributed by atoms with Crippen molar-refractivity contribution in [3.05, 3.63) is 34.9 Å². The van der Waals surface area contributed by atoms with E-state index < -0.39 is 11.7 Å². The number of aryl methyl sites for hydroxylation is 2. The quantitative estimate of drug-likeness (QED) is 0.908. The number of hydrogen-bond acceptors (Lipinski definition) is 3. The number of nitrogens with zero attached hydrogens (tertiary/aromatic N) is 1. The summed E-state index contributed by atoms with van der Waals surface area (Å²) in [6.07, 6.45) is -0.0260. The first kappa shape index (κ1) is 16.8. The fraction of sp³-hybridized carbons (Fsp3) is 0.611. The molecule has 1 fully saturated rings. The van der Waals surface area contributed by atoms with Crippen LogP contribution in [0.5, 0.6) is 0 Å². The Morgan fingerprint density at radius 1 is 1.32 bits per heavy atom. The number of benzene rings is 1. The Bertz CT molecular complexity index is 548. The van der Waals surface area contributed by atoms with Crippen molar-refractivity contribution in [2.24, 2.45) is 5.92 Å². The van der Waals surface area contributed by atoms with Crippen molar-refractivity contribution >= 4 is 6.09 Å². The predicted molar refractivity (Wildman–Crippen MR) is 86.8 cm³/mol. The SMILES string of the molecule is Cc1ccc(C(O)C2CCN(C(=O)OC(C)(C)C)C2)cc1C. The molecule has 0 aromatic heterocycles. The average molecular weight is 305 g/mol. The number of carbonyl (C=O) groups excluding carboxylic acids is 1. The minimum absolute atomic E-state index is 0.0645. The maximum atomic E-state index is 12.1. The van der Waals surface area contributed by atoms with Crippen LogP contribution in [0.3, 0.4) is 0 Å². The maximum Gasteiger partial charge on any atom is 0.410 e. The molecular weight excluding hydrogens is 278 g/mol. The van der Waals surface area contributed by atoms with Gasteiger partial charge in [-0.1, -0.05) is 18.2 Å². The highest BCUT2D eigenvalue weighted by Gasteiger charge is 2.33. The summed E-state index contributed by atoms with van der Waals surface area (Å²) >= 11 is 0. The van der Waals surface area contributed by atoms with Gasteiger partial charge in [0.1, 0.15) is 5.60 Å². The molecule has 0 aliphatic carbocycles. The molecule has 4 heteroatoms. The van der Waals surface area contributed by atoms with E-state index in [1.165, 1.54) is 11.1 Å². The van der Waals surface area contributed by atoms with Gasteiger partial charge in [-0.05, 0) is 57.7 Å². The van der Waals surface area contributed by atoms with Gasteiger partial charge in [0.05, 0.1) is 6.10 Å². The third kappa shape index (κ3) is 4.01. The summed E-state index contributed by atoms with van der Waals surface area (Å²) < 4.78 is 5.40. The van der Waals surface area contributed by atoms with Crippen LogP contribution in [-0.2, 0) is 4.74 Å². The van der Waals surface area contributed by atoms with E-state index in [0.717, 1.165) is 12.0 Å². The number of likely N-dealkylation sites (tertiary alicyclic amines) is 1. The maximum absolute atomic E-state index is 12.1. The average Bonchev–Trinajstić information content (AvgIpc) is 2.89. The molecule has 1 heterocycles. The second kappa shape index (κ2) is 6.29. The lowest BCUT2D eigenvalue weighted by molar-refractivity contribution is 0.0268. The third-order valence-corrected chi connectivity index (χ3v) is 4.20. The molecule has 1 amide bonds. The molecule has 1 aromatic rings. The van der Waals surface area contributed by atoms with Crippen molar-refractivity contribution in [1.29, 1.82) is 0 Å². The number of ether oxygens (including phenoxy) is 1. The van der Waals surface area contributed by atoms with Gasteiger partial charge in [-0.25, -0.2) is 4.79 Å². The summed E-state index contributed by atoms with van der Waals surface area (Å²) in [5, 5.41) is 10.6. The molecule has 2 unspecified atom stereocenters. The fourth-order valence-electron chi connectivity index (χ4n) is 2.76. The Morgan fingerprint density at radius 2 is 2.00 bits per heavy atom. The summed E-state index contributed by atoms with van der Waals surface area (Å²) in [5.41, 5.74) is 2.84. The lowest BCUT2D eigenvalue weighted by Crippen LogP contribution is -2.35. The smallest absolute Gasteiger partial charge is 0.410 e. The van der Waals surface area contributed by atoms with Crippen LogP contribution in [0.25, 0.3) is 0 Å². The zero-order valence-electron chi connectivity index (χ0n) is 14.2. The third-order valence-electron chi connectivity index (χ3n) is 4.20. The van der Waals surface area contributed by atoms with Crippen LogP contribution < -0.4 is 0 Å². The van der Waals surface area contributed by atoms with Gasteiger partial charge < -0.3 is 14.7 Å². The van der Waals surface area contributed by atoms with Crippen LogP contribution in [0, 0.1) is 19.8 Å². The first-order valence-corrected chi connectivity index (χ1v) is 7.90. The Hall–Kier alpha value is -1.55. The van der Waals surface area contributed by atoms with Gasteiger partial charge in [-0.15, -0.1) is 0 Å². The molecule has 2 rings (SSSR count). The second-order valence-electron chi connectivity index (χ2n) is 7.26. The van der Waals surface area contributed by atoms with Gasteiger partial charge in [-0.3, -0.25) is 0 Å². The minimum Gasteiger partial charge on any atom is -0.444 e. The van der Waals surface area contributed by atoms with E-state index in [1.807, 2.05) is 45.9 Å². The lowest BCUT2D eigenvalue weighted by atomic mass is 9.93. The first-order chi connectivity index (χ1) is 10.2. The number of hydrogen-bond donors (Lipinski definition) is 1. The Morgan fingerprint density at radius 3 is 2.59 bits per heavy atom. The highest BCUT2D eigenvalue weighted by Crippen LogP contribution is 2.31. The Kier molecular flexibility index (Phi) is 4.81. The van der Waals surface area contributed by atoms with Crippen LogP contribution in [0.2, 0.25) is 0 Å². The summed E-state index contributed by atoms with van der Waals surface area (Å²) in [6, 6.07) is 6.05. The number of aliphatic hydroxyl groups is 1. The molecule has 1 aliphatic rings. The van der Waals surface area contributed by atoms with Gasteiger partial charge in [0.2, 0.25) is 0 Å². The molecule has 1 N–H and O–H groups in total. The van der Waals surface area contributed by atoms with Crippen molar-refractivity contribution in [2.75, 3.05) is 13.1 Å². The van der Waals surface area contributed by atoms with Crippen molar-refractivity contribution in [3.8, 4) is 0 Å². The summed E-state index contributed by atoms with van der Waals surface area (Å²) in [4.78, 5) is 13.8. The summed E-state index contributed by atoms with van der Waals surface area (Å²) in [6.45, 7) is 10.9. The topological polar surface area (TPSA) is 49.8 Å². The van der Waals surface area contributed by atoms with Crippen molar-refractivity contribution in [3.63, 3.8) is 0 Å². The zero-order chi connectivity index (χ0) is 16.5. The van der Waals surface area contributed by atoms with Crippen LogP contribution in [-0.4, -0.2) is 34.8 Å². The van der Waals surface area contributed by atoms with Gasteiger partial charge in [0, 0.05) is 19.0 Å². The summed E-state index contributed by atoms with van der Waals surface area (Å²) in [7, 11) is 0. The summed E-state index contributed by atoms with van der Waals surface area (Å²) in [5.74, 6) is 0.0645. The molecule has 1 aromatic carbocycles. The Labute approximate surface area is 133 Å². The predicted octanol–water partition coefficient (Wildman–Crippen LogP) is 3.59. The highest BCUT2D eigenvalue weighted by molar-refractivity contribution is 5.68. The van der Waals surface area contributed by atoms with E-state index in [0.29, 0.717) is 13.1 Å². The number of aliphatic hydroxyl groups excluding tert-OH is 1. The lowest BCUT2D eigenvalue weighted by Gasteiger charge is -2.25. The molecule has 1 aliphatic heterocycles. The molecule has 1 saturated heterocycles. The molecule has 0 bridgehead atoms. The Balaban J connectivity index is 2.00. The largest absolute Gasteiger partial charge is 0.444 e. The monoisotopic (exact) mass is 305 g/mol.